The van der Waals surface area contributed by atoms with Crippen LogP contribution in [0.4, 0.5) is 0 Å². The van der Waals surface area contributed by atoms with Crippen molar-refractivity contribution in [3.05, 3.63) is 223 Å². The number of hydrogen-bond acceptors (Lipinski definition) is 8. The molecule has 340 valence electrons. The van der Waals surface area contributed by atoms with Crippen LogP contribution >= 0.6 is 11.6 Å². The highest BCUT2D eigenvalue weighted by Crippen LogP contribution is 2.37. The molecule has 1 saturated heterocycles. The Bertz CT molecular complexity index is 3330. The van der Waals surface area contributed by atoms with E-state index in [2.05, 4.69) is 100 Å². The third-order valence-electron chi connectivity index (χ3n) is 12.6. The number of aromatic nitrogens is 6. The van der Waals surface area contributed by atoms with E-state index < -0.39 is 7.12 Å². The van der Waals surface area contributed by atoms with E-state index >= 15 is 0 Å². The zero-order valence-electron chi connectivity index (χ0n) is 39.2. The molecule has 0 spiro atoms. The Hall–Kier alpha value is -7.95. The first-order valence-corrected chi connectivity index (χ1v) is 23.6. The van der Waals surface area contributed by atoms with Crippen molar-refractivity contribution in [1.82, 2.24) is 29.9 Å². The smallest absolute Gasteiger partial charge is 0.399 e. The summed E-state index contributed by atoms with van der Waals surface area (Å²) in [6, 6.07) is 72.9. The van der Waals surface area contributed by atoms with Crippen molar-refractivity contribution in [2.45, 2.75) is 38.9 Å². The molecule has 8 aromatic carbocycles. The number of rotatable bonds is 9. The van der Waals surface area contributed by atoms with Crippen LogP contribution in [0.3, 0.4) is 0 Å². The first-order chi connectivity index (χ1) is 34.0. The Morgan fingerprint density at radius 3 is 0.800 bits per heavy atom. The van der Waals surface area contributed by atoms with Crippen molar-refractivity contribution in [2.24, 2.45) is 0 Å². The van der Waals surface area contributed by atoms with E-state index in [9.17, 15) is 0 Å². The lowest BCUT2D eigenvalue weighted by atomic mass is 9.79. The van der Waals surface area contributed by atoms with Crippen LogP contribution in [0.1, 0.15) is 27.7 Å². The lowest BCUT2D eigenvalue weighted by Crippen LogP contribution is -2.41. The molecular weight excluding hydrogens is 883 g/mol. The fourth-order valence-electron chi connectivity index (χ4n) is 7.95. The Morgan fingerprint density at radius 2 is 0.500 bits per heavy atom. The molecule has 0 unspecified atom stereocenters. The van der Waals surface area contributed by atoms with Gasteiger partial charge in [-0.2, -0.15) is 0 Å². The molecule has 2 aromatic heterocycles. The molecule has 0 atom stereocenters. The van der Waals surface area contributed by atoms with Gasteiger partial charge in [-0.05, 0) is 79.7 Å². The fraction of sp³-hybridized carbons (Fsp3) is 0.100. The van der Waals surface area contributed by atoms with Crippen molar-refractivity contribution in [3.63, 3.8) is 0 Å². The van der Waals surface area contributed by atoms with Gasteiger partial charge in [0.15, 0.2) is 34.9 Å². The van der Waals surface area contributed by atoms with Gasteiger partial charge in [-0.25, -0.2) is 29.9 Å². The van der Waals surface area contributed by atoms with Crippen LogP contribution in [-0.2, 0) is 9.31 Å². The van der Waals surface area contributed by atoms with E-state index in [-0.39, 0.29) is 11.2 Å². The predicted molar refractivity (Wildman–Crippen MR) is 284 cm³/mol. The third-order valence-corrected chi connectivity index (χ3v) is 12.9. The number of benzene rings is 8. The summed E-state index contributed by atoms with van der Waals surface area (Å²) in [5.41, 5.74) is 10.4. The van der Waals surface area contributed by atoms with E-state index in [4.69, 9.17) is 50.8 Å². The van der Waals surface area contributed by atoms with Gasteiger partial charge in [-0.15, -0.1) is 0 Å². The van der Waals surface area contributed by atoms with Gasteiger partial charge >= 0.3 is 7.12 Å². The van der Waals surface area contributed by atoms with Crippen molar-refractivity contribution < 1.29 is 9.31 Å². The van der Waals surface area contributed by atoms with Crippen LogP contribution in [0.5, 0.6) is 0 Å². The lowest BCUT2D eigenvalue weighted by Gasteiger charge is -2.32. The molecule has 10 aromatic rings. The third kappa shape index (κ3) is 10.2. The highest BCUT2D eigenvalue weighted by atomic mass is 35.5. The average molecular weight is 931 g/mol. The number of hydrogen-bond donors (Lipinski definition) is 0. The van der Waals surface area contributed by atoms with Crippen molar-refractivity contribution in [3.8, 4) is 90.6 Å². The second-order valence-electron chi connectivity index (χ2n) is 17.9. The topological polar surface area (TPSA) is 95.8 Å². The second kappa shape index (κ2) is 20.0. The Labute approximate surface area is 414 Å². The monoisotopic (exact) mass is 930 g/mol. The van der Waals surface area contributed by atoms with Crippen LogP contribution in [0, 0.1) is 0 Å². The molecule has 0 N–H and O–H groups in total. The van der Waals surface area contributed by atoms with Gasteiger partial charge in [-0.3, -0.25) is 0 Å². The summed E-state index contributed by atoms with van der Waals surface area (Å²) in [7, 11) is -0.416. The minimum atomic E-state index is -0.416. The van der Waals surface area contributed by atoms with Gasteiger partial charge in [-0.1, -0.05) is 206 Å². The standard InChI is InChI=1S/C33H30BN3O2.C27H18ClN3/c1-32(2)33(3,4)39-34(38-32)28-21-19-27(20-22-28)31-36-29(25-13-9-6-10-14-25)35-30(37-31)26-17-15-24(16-18-26)23-11-7-5-8-12-23;28-24-17-15-23(16-18-24)27-30-25(21-9-5-2-6-10-21)29-26(31-27)22-13-11-20(12-14-22)19-7-3-1-4-8-19/h5-22H,1-4H3;1-18H. The zero-order chi connectivity index (χ0) is 48.1. The van der Waals surface area contributed by atoms with Crippen molar-refractivity contribution in [2.75, 3.05) is 0 Å². The maximum Gasteiger partial charge on any atom is 0.494 e. The minimum Gasteiger partial charge on any atom is -0.399 e. The molecule has 0 aliphatic carbocycles. The van der Waals surface area contributed by atoms with E-state index in [1.165, 1.54) is 11.1 Å². The molecule has 1 fully saturated rings. The molecule has 10 heteroatoms. The van der Waals surface area contributed by atoms with Gasteiger partial charge in [0.2, 0.25) is 0 Å². The Balaban J connectivity index is 0.000000166. The van der Waals surface area contributed by atoms with Crippen LogP contribution < -0.4 is 5.46 Å². The summed E-state index contributed by atoms with van der Waals surface area (Å²) in [5, 5.41) is 0.679. The second-order valence-corrected chi connectivity index (χ2v) is 18.4. The summed E-state index contributed by atoms with van der Waals surface area (Å²) < 4.78 is 12.5. The van der Waals surface area contributed by atoms with Gasteiger partial charge in [0.25, 0.3) is 0 Å². The molecule has 1 aliphatic heterocycles. The summed E-state index contributed by atoms with van der Waals surface area (Å²) in [6.45, 7) is 8.24. The lowest BCUT2D eigenvalue weighted by molar-refractivity contribution is 0.00578. The maximum atomic E-state index is 6.23. The predicted octanol–water partition coefficient (Wildman–Crippen LogP) is 14.0. The molecule has 70 heavy (non-hydrogen) atoms. The molecule has 0 amide bonds. The zero-order valence-corrected chi connectivity index (χ0v) is 40.0. The van der Waals surface area contributed by atoms with Gasteiger partial charge in [0.1, 0.15) is 0 Å². The SMILES string of the molecule is CC1(C)OB(c2ccc(-c3nc(-c4ccccc4)nc(-c4ccc(-c5ccccc5)cc4)n3)cc2)OC1(C)C.Clc1ccc(-c2nc(-c3ccccc3)nc(-c3ccc(-c4ccccc4)cc3)n2)cc1. The van der Waals surface area contributed by atoms with E-state index in [1.54, 1.807) is 0 Å². The van der Waals surface area contributed by atoms with Crippen LogP contribution in [0.2, 0.25) is 5.02 Å². The van der Waals surface area contributed by atoms with Gasteiger partial charge < -0.3 is 9.31 Å². The highest BCUT2D eigenvalue weighted by Gasteiger charge is 2.51. The Kier molecular flexibility index (Phi) is 13.1. The van der Waals surface area contributed by atoms with Crippen LogP contribution in [0.25, 0.3) is 90.6 Å². The summed E-state index contributed by atoms with van der Waals surface area (Å²) >= 11 is 6.07. The quantitative estimate of drug-likeness (QED) is 0.132. The molecule has 0 saturated carbocycles. The fourth-order valence-corrected chi connectivity index (χ4v) is 8.08. The van der Waals surface area contributed by atoms with Gasteiger partial charge in [0.05, 0.1) is 11.2 Å². The van der Waals surface area contributed by atoms with Crippen LogP contribution in [-0.4, -0.2) is 48.2 Å². The summed E-state index contributed by atoms with van der Waals surface area (Å²) in [5.74, 6) is 3.78. The number of nitrogens with zero attached hydrogens (tertiary/aromatic N) is 6. The molecule has 3 heterocycles. The molecule has 1 aliphatic rings. The molecule has 8 nitrogen and oxygen atoms in total. The average Bonchev–Trinajstić information content (AvgIpc) is 3.65. The summed E-state index contributed by atoms with van der Waals surface area (Å²) in [6.07, 6.45) is 0. The van der Waals surface area contributed by atoms with Crippen LogP contribution in [0.15, 0.2) is 218 Å². The minimum absolute atomic E-state index is 0.389. The molecule has 11 rings (SSSR count). The summed E-state index contributed by atoms with van der Waals surface area (Å²) in [4.78, 5) is 28.9. The maximum absolute atomic E-state index is 6.23. The highest BCUT2D eigenvalue weighted by molar-refractivity contribution is 6.62. The Morgan fingerprint density at radius 1 is 0.286 bits per heavy atom. The van der Waals surface area contributed by atoms with Crippen molar-refractivity contribution in [1.29, 1.82) is 0 Å². The van der Waals surface area contributed by atoms with Gasteiger partial charge in [0, 0.05) is 38.4 Å². The first kappa shape index (κ1) is 45.8. The van der Waals surface area contributed by atoms with E-state index in [0.717, 1.165) is 50.0 Å². The van der Waals surface area contributed by atoms with E-state index in [1.807, 2.05) is 146 Å². The van der Waals surface area contributed by atoms with Crippen molar-refractivity contribution >= 4 is 24.2 Å². The van der Waals surface area contributed by atoms with E-state index in [0.29, 0.717) is 40.0 Å². The molecular formula is C60H48BClN6O2. The first-order valence-electron chi connectivity index (χ1n) is 23.2. The number of halogens is 1. The normalized spacial score (nSPS) is 13.6. The molecule has 0 bridgehead atoms. The largest absolute Gasteiger partial charge is 0.494 e. The molecule has 0 radical (unpaired) electrons.